The van der Waals surface area contributed by atoms with Gasteiger partial charge in [0, 0.05) is 0 Å². The third-order valence-corrected chi connectivity index (χ3v) is 2.94. The van der Waals surface area contributed by atoms with Gasteiger partial charge in [0.25, 0.3) is 0 Å². The Kier molecular flexibility index (Phi) is 10.4. The largest absolute Gasteiger partial charge is 0.316 e. The summed E-state index contributed by atoms with van der Waals surface area (Å²) in [5.41, 5.74) is 0. The first-order chi connectivity index (χ1) is 7.20. The topological polar surface area (TPSA) is 15.3 Å². The fourth-order valence-electron chi connectivity index (χ4n) is 1.77. The van der Waals surface area contributed by atoms with Crippen molar-refractivity contribution < 1.29 is 0 Å². The van der Waals surface area contributed by atoms with E-state index >= 15 is 0 Å². The van der Waals surface area contributed by atoms with Gasteiger partial charge in [0.2, 0.25) is 0 Å². The Morgan fingerprint density at radius 2 is 1.87 bits per heavy atom. The van der Waals surface area contributed by atoms with Crippen LogP contribution in [0.2, 0.25) is 0 Å². The van der Waals surface area contributed by atoms with Crippen LogP contribution in [0.3, 0.4) is 0 Å². The summed E-state index contributed by atoms with van der Waals surface area (Å²) in [5.74, 6) is 0.893. The molecule has 0 aromatic heterocycles. The molecule has 0 bridgehead atoms. The molecule has 0 radical (unpaired) electrons. The molecule has 0 saturated carbocycles. The summed E-state index contributed by atoms with van der Waals surface area (Å²) in [6, 6.07) is 0. The predicted octanol–water partition coefficient (Wildman–Crippen LogP) is 2.74. The number of nitrogens with one attached hydrogen (secondary N) is 1. The second-order valence-corrected chi connectivity index (χ2v) is 4.78. The van der Waals surface area contributed by atoms with E-state index in [2.05, 4.69) is 38.2 Å². The standard InChI is InChI=1S/C13H30N2/c1-5-7-9-13(6-2)12-14-10-8-11-15(3)4/h13-14H,5-12H2,1-4H3. The molecule has 15 heavy (non-hydrogen) atoms. The highest BCUT2D eigenvalue weighted by molar-refractivity contribution is 4.61. The normalized spacial score (nSPS) is 13.4. The molecule has 0 aliphatic rings. The molecule has 0 spiro atoms. The van der Waals surface area contributed by atoms with Gasteiger partial charge in [-0.25, -0.2) is 0 Å². The molecule has 0 aromatic rings. The average Bonchev–Trinajstić information content (AvgIpc) is 2.21. The lowest BCUT2D eigenvalue weighted by molar-refractivity contribution is 0.378. The summed E-state index contributed by atoms with van der Waals surface area (Å²) >= 11 is 0. The maximum atomic E-state index is 3.57. The van der Waals surface area contributed by atoms with Crippen LogP contribution >= 0.6 is 0 Å². The highest BCUT2D eigenvalue weighted by Gasteiger charge is 2.04. The lowest BCUT2D eigenvalue weighted by Crippen LogP contribution is -2.26. The molecule has 0 aliphatic carbocycles. The van der Waals surface area contributed by atoms with Crippen LogP contribution < -0.4 is 5.32 Å². The van der Waals surface area contributed by atoms with Crippen molar-refractivity contribution in [1.82, 2.24) is 10.2 Å². The van der Waals surface area contributed by atoms with Gasteiger partial charge < -0.3 is 10.2 Å². The first kappa shape index (κ1) is 14.9. The summed E-state index contributed by atoms with van der Waals surface area (Å²) in [7, 11) is 4.27. The van der Waals surface area contributed by atoms with Crippen molar-refractivity contribution in [2.24, 2.45) is 5.92 Å². The molecule has 0 aliphatic heterocycles. The summed E-state index contributed by atoms with van der Waals surface area (Å²) in [4.78, 5) is 2.25. The van der Waals surface area contributed by atoms with Gasteiger partial charge in [-0.05, 0) is 52.5 Å². The summed E-state index contributed by atoms with van der Waals surface area (Å²) in [5, 5.41) is 3.57. The molecule has 1 atom stereocenters. The third-order valence-electron chi connectivity index (χ3n) is 2.94. The zero-order valence-corrected chi connectivity index (χ0v) is 11.2. The predicted molar refractivity (Wildman–Crippen MR) is 69.3 cm³/mol. The van der Waals surface area contributed by atoms with E-state index in [9.17, 15) is 0 Å². The van der Waals surface area contributed by atoms with Gasteiger partial charge in [-0.2, -0.15) is 0 Å². The molecule has 0 amide bonds. The van der Waals surface area contributed by atoms with E-state index in [0.29, 0.717) is 0 Å². The highest BCUT2D eigenvalue weighted by atomic mass is 15.1. The van der Waals surface area contributed by atoms with Crippen molar-refractivity contribution in [3.63, 3.8) is 0 Å². The Bertz CT molecular complexity index is 124. The van der Waals surface area contributed by atoms with Gasteiger partial charge in [0.1, 0.15) is 0 Å². The Balaban J connectivity index is 3.30. The Labute approximate surface area is 96.4 Å². The molecular weight excluding hydrogens is 184 g/mol. The first-order valence-corrected chi connectivity index (χ1v) is 6.56. The zero-order chi connectivity index (χ0) is 11.5. The Morgan fingerprint density at radius 1 is 1.13 bits per heavy atom. The number of rotatable bonds is 10. The molecular formula is C13H30N2. The maximum Gasteiger partial charge on any atom is -0.00127 e. The minimum Gasteiger partial charge on any atom is -0.316 e. The van der Waals surface area contributed by atoms with Crippen LogP contribution in [0.5, 0.6) is 0 Å². The molecule has 2 heteroatoms. The van der Waals surface area contributed by atoms with E-state index in [1.54, 1.807) is 0 Å². The first-order valence-electron chi connectivity index (χ1n) is 6.56. The van der Waals surface area contributed by atoms with E-state index < -0.39 is 0 Å². The zero-order valence-electron chi connectivity index (χ0n) is 11.2. The van der Waals surface area contributed by atoms with Crippen LogP contribution in [0.25, 0.3) is 0 Å². The second-order valence-electron chi connectivity index (χ2n) is 4.78. The van der Waals surface area contributed by atoms with E-state index in [4.69, 9.17) is 0 Å². The monoisotopic (exact) mass is 214 g/mol. The Hall–Kier alpha value is -0.0800. The highest BCUT2D eigenvalue weighted by Crippen LogP contribution is 2.10. The van der Waals surface area contributed by atoms with Crippen LogP contribution in [0.1, 0.15) is 46.0 Å². The molecule has 0 rings (SSSR count). The molecule has 92 valence electrons. The van der Waals surface area contributed by atoms with Gasteiger partial charge in [-0.3, -0.25) is 0 Å². The maximum absolute atomic E-state index is 3.57. The van der Waals surface area contributed by atoms with Gasteiger partial charge in [-0.1, -0.05) is 33.1 Å². The quantitative estimate of drug-likeness (QED) is 0.563. The molecule has 1 N–H and O–H groups in total. The van der Waals surface area contributed by atoms with Crippen molar-refractivity contribution in [2.75, 3.05) is 33.7 Å². The number of hydrogen-bond acceptors (Lipinski definition) is 2. The van der Waals surface area contributed by atoms with Gasteiger partial charge in [0.05, 0.1) is 0 Å². The van der Waals surface area contributed by atoms with E-state index in [1.807, 2.05) is 0 Å². The smallest absolute Gasteiger partial charge is 0.00127 e. The van der Waals surface area contributed by atoms with Crippen LogP contribution in [0.4, 0.5) is 0 Å². The van der Waals surface area contributed by atoms with Crippen molar-refractivity contribution in [3.05, 3.63) is 0 Å². The molecule has 0 heterocycles. The molecule has 0 aromatic carbocycles. The second kappa shape index (κ2) is 10.4. The summed E-state index contributed by atoms with van der Waals surface area (Å²) in [6.07, 6.45) is 6.70. The molecule has 0 saturated heterocycles. The number of unbranched alkanes of at least 4 members (excludes halogenated alkanes) is 1. The van der Waals surface area contributed by atoms with Crippen molar-refractivity contribution in [3.8, 4) is 0 Å². The molecule has 2 nitrogen and oxygen atoms in total. The molecule has 0 fully saturated rings. The van der Waals surface area contributed by atoms with Crippen LogP contribution in [0, 0.1) is 5.92 Å². The van der Waals surface area contributed by atoms with Crippen LogP contribution in [0.15, 0.2) is 0 Å². The minimum atomic E-state index is 0.893. The summed E-state index contributed by atoms with van der Waals surface area (Å²) < 4.78 is 0. The number of hydrogen-bond donors (Lipinski definition) is 1. The van der Waals surface area contributed by atoms with Gasteiger partial charge in [0.15, 0.2) is 0 Å². The lowest BCUT2D eigenvalue weighted by atomic mass is 9.99. The third kappa shape index (κ3) is 10.2. The lowest BCUT2D eigenvalue weighted by Gasteiger charge is -2.16. The number of nitrogens with zero attached hydrogens (tertiary/aromatic N) is 1. The minimum absolute atomic E-state index is 0.893. The van der Waals surface area contributed by atoms with Crippen molar-refractivity contribution in [1.29, 1.82) is 0 Å². The Morgan fingerprint density at radius 3 is 2.40 bits per heavy atom. The fraction of sp³-hybridized carbons (Fsp3) is 1.00. The van der Waals surface area contributed by atoms with Crippen molar-refractivity contribution in [2.45, 2.75) is 46.0 Å². The average molecular weight is 214 g/mol. The van der Waals surface area contributed by atoms with E-state index in [1.165, 1.54) is 51.7 Å². The fourth-order valence-corrected chi connectivity index (χ4v) is 1.77. The molecule has 1 unspecified atom stereocenters. The van der Waals surface area contributed by atoms with E-state index in [-0.39, 0.29) is 0 Å². The van der Waals surface area contributed by atoms with Crippen LogP contribution in [-0.4, -0.2) is 38.6 Å². The van der Waals surface area contributed by atoms with Gasteiger partial charge in [-0.15, -0.1) is 0 Å². The van der Waals surface area contributed by atoms with Crippen LogP contribution in [-0.2, 0) is 0 Å². The SMILES string of the molecule is CCCCC(CC)CNCCCN(C)C. The van der Waals surface area contributed by atoms with Gasteiger partial charge >= 0.3 is 0 Å². The summed E-state index contributed by atoms with van der Waals surface area (Å²) in [6.45, 7) is 8.16. The van der Waals surface area contributed by atoms with E-state index in [0.717, 1.165) is 5.92 Å². The van der Waals surface area contributed by atoms with Crippen molar-refractivity contribution >= 4 is 0 Å².